The SMILES string of the molecule is CC(C)S(=O)(=O)N(C)C(C)(C)CN. The number of likely N-dealkylation sites (N-methyl/N-ethyl adjacent to an activating group) is 1. The second-order valence-electron chi connectivity index (χ2n) is 4.08. The molecule has 0 aromatic rings. The first-order valence-electron chi connectivity index (χ1n) is 4.34. The maximum atomic E-state index is 11.7. The van der Waals surface area contributed by atoms with Crippen molar-refractivity contribution in [2.75, 3.05) is 13.6 Å². The van der Waals surface area contributed by atoms with Crippen molar-refractivity contribution in [3.63, 3.8) is 0 Å². The van der Waals surface area contributed by atoms with Gasteiger partial charge in [-0.1, -0.05) is 0 Å². The molecule has 0 aliphatic heterocycles. The molecule has 0 aliphatic carbocycles. The van der Waals surface area contributed by atoms with Gasteiger partial charge < -0.3 is 5.73 Å². The van der Waals surface area contributed by atoms with E-state index in [1.165, 1.54) is 4.31 Å². The molecule has 0 aromatic heterocycles. The van der Waals surface area contributed by atoms with Crippen LogP contribution >= 0.6 is 0 Å². The molecule has 80 valence electrons. The van der Waals surface area contributed by atoms with E-state index in [0.29, 0.717) is 6.54 Å². The summed E-state index contributed by atoms with van der Waals surface area (Å²) in [5.74, 6) is 0. The van der Waals surface area contributed by atoms with Gasteiger partial charge in [0.2, 0.25) is 10.0 Å². The van der Waals surface area contributed by atoms with Gasteiger partial charge >= 0.3 is 0 Å². The monoisotopic (exact) mass is 208 g/mol. The molecule has 0 saturated heterocycles. The summed E-state index contributed by atoms with van der Waals surface area (Å²) >= 11 is 0. The van der Waals surface area contributed by atoms with Gasteiger partial charge in [-0.2, -0.15) is 4.31 Å². The third-order valence-corrected chi connectivity index (χ3v) is 4.78. The molecular formula is C8H20N2O2S. The number of hydrogen-bond donors (Lipinski definition) is 1. The van der Waals surface area contributed by atoms with E-state index in [2.05, 4.69) is 0 Å². The average Bonchev–Trinajstić information content (AvgIpc) is 2.02. The van der Waals surface area contributed by atoms with Crippen molar-refractivity contribution in [1.29, 1.82) is 0 Å². The fourth-order valence-corrected chi connectivity index (χ4v) is 2.19. The van der Waals surface area contributed by atoms with Gasteiger partial charge in [0.1, 0.15) is 0 Å². The molecule has 5 heteroatoms. The highest BCUT2D eigenvalue weighted by molar-refractivity contribution is 7.89. The van der Waals surface area contributed by atoms with Crippen LogP contribution in [0.15, 0.2) is 0 Å². The molecule has 0 radical (unpaired) electrons. The third-order valence-electron chi connectivity index (χ3n) is 2.33. The van der Waals surface area contributed by atoms with Gasteiger partial charge in [-0.05, 0) is 27.7 Å². The molecule has 4 nitrogen and oxygen atoms in total. The predicted molar refractivity (Wildman–Crippen MR) is 55.0 cm³/mol. The van der Waals surface area contributed by atoms with Gasteiger partial charge in [-0.3, -0.25) is 0 Å². The van der Waals surface area contributed by atoms with Crippen molar-refractivity contribution >= 4 is 10.0 Å². The highest BCUT2D eigenvalue weighted by Crippen LogP contribution is 2.18. The van der Waals surface area contributed by atoms with Crippen LogP contribution in [0.3, 0.4) is 0 Å². The number of rotatable bonds is 4. The first kappa shape index (κ1) is 12.9. The molecule has 0 aromatic carbocycles. The minimum Gasteiger partial charge on any atom is -0.329 e. The fraction of sp³-hybridized carbons (Fsp3) is 1.00. The average molecular weight is 208 g/mol. The van der Waals surface area contributed by atoms with Crippen molar-refractivity contribution in [1.82, 2.24) is 4.31 Å². The van der Waals surface area contributed by atoms with Crippen molar-refractivity contribution in [3.05, 3.63) is 0 Å². The quantitative estimate of drug-likeness (QED) is 0.727. The van der Waals surface area contributed by atoms with Gasteiger partial charge in [0, 0.05) is 19.1 Å². The molecule has 0 amide bonds. The summed E-state index contributed by atoms with van der Waals surface area (Å²) in [6.07, 6.45) is 0. The Bertz CT molecular complexity index is 257. The van der Waals surface area contributed by atoms with Gasteiger partial charge in [0.05, 0.1) is 5.25 Å². The standard InChI is InChI=1S/C8H20N2O2S/c1-7(2)13(11,12)10(5)8(3,4)6-9/h7H,6,9H2,1-5H3. The summed E-state index contributed by atoms with van der Waals surface area (Å²) < 4.78 is 24.8. The lowest BCUT2D eigenvalue weighted by atomic mass is 10.1. The number of hydrogen-bond acceptors (Lipinski definition) is 3. The molecule has 0 bridgehead atoms. The van der Waals surface area contributed by atoms with Crippen LogP contribution in [0.5, 0.6) is 0 Å². The minimum absolute atomic E-state index is 0.315. The first-order chi connectivity index (χ1) is 5.66. The van der Waals surface area contributed by atoms with Crippen LogP contribution in [-0.4, -0.2) is 37.1 Å². The van der Waals surface area contributed by atoms with E-state index >= 15 is 0 Å². The number of nitrogens with zero attached hydrogens (tertiary/aromatic N) is 1. The van der Waals surface area contributed by atoms with Crippen LogP contribution in [0.4, 0.5) is 0 Å². The molecule has 2 N–H and O–H groups in total. The van der Waals surface area contributed by atoms with Gasteiger partial charge in [-0.25, -0.2) is 8.42 Å². The molecular weight excluding hydrogens is 188 g/mol. The molecule has 0 rings (SSSR count). The van der Waals surface area contributed by atoms with Crippen molar-refractivity contribution in [2.45, 2.75) is 38.5 Å². The van der Waals surface area contributed by atoms with Crippen LogP contribution in [0.1, 0.15) is 27.7 Å². The molecule has 0 unspecified atom stereocenters. The Morgan fingerprint density at radius 1 is 1.38 bits per heavy atom. The molecule has 0 atom stereocenters. The Balaban J connectivity index is 4.91. The zero-order valence-electron chi connectivity index (χ0n) is 9.03. The normalized spacial score (nSPS) is 14.2. The van der Waals surface area contributed by atoms with Gasteiger partial charge in [0.15, 0.2) is 0 Å². The Kier molecular flexibility index (Phi) is 3.90. The van der Waals surface area contributed by atoms with E-state index in [-0.39, 0.29) is 0 Å². The van der Waals surface area contributed by atoms with Crippen LogP contribution in [-0.2, 0) is 10.0 Å². The maximum absolute atomic E-state index is 11.7. The Morgan fingerprint density at radius 2 is 1.77 bits per heavy atom. The summed E-state index contributed by atoms with van der Waals surface area (Å²) in [4.78, 5) is 0. The van der Waals surface area contributed by atoms with Crippen LogP contribution < -0.4 is 5.73 Å². The molecule has 0 fully saturated rings. The molecule has 0 saturated carbocycles. The lowest BCUT2D eigenvalue weighted by Crippen LogP contribution is -2.51. The summed E-state index contributed by atoms with van der Waals surface area (Å²) in [6, 6.07) is 0. The summed E-state index contributed by atoms with van der Waals surface area (Å²) in [5, 5.41) is -0.400. The molecule has 0 heterocycles. The second kappa shape index (κ2) is 3.94. The summed E-state index contributed by atoms with van der Waals surface area (Å²) in [6.45, 7) is 7.27. The first-order valence-corrected chi connectivity index (χ1v) is 5.84. The Morgan fingerprint density at radius 3 is 2.00 bits per heavy atom. The van der Waals surface area contributed by atoms with E-state index in [0.717, 1.165) is 0 Å². The highest BCUT2D eigenvalue weighted by atomic mass is 32.2. The maximum Gasteiger partial charge on any atom is 0.216 e. The summed E-state index contributed by atoms with van der Waals surface area (Å²) in [5.41, 5.74) is 4.99. The van der Waals surface area contributed by atoms with Crippen LogP contribution in [0.2, 0.25) is 0 Å². The number of nitrogens with two attached hydrogens (primary N) is 1. The van der Waals surface area contributed by atoms with Gasteiger partial charge in [0.25, 0.3) is 0 Å². The fourth-order valence-electron chi connectivity index (χ4n) is 0.789. The summed E-state index contributed by atoms with van der Waals surface area (Å²) in [7, 11) is -1.62. The Hall–Kier alpha value is -0.130. The largest absolute Gasteiger partial charge is 0.329 e. The smallest absolute Gasteiger partial charge is 0.216 e. The van der Waals surface area contributed by atoms with Crippen LogP contribution in [0, 0.1) is 0 Å². The highest BCUT2D eigenvalue weighted by Gasteiger charge is 2.33. The Labute approximate surface area is 81.2 Å². The zero-order valence-corrected chi connectivity index (χ0v) is 9.85. The number of sulfonamides is 1. The van der Waals surface area contributed by atoms with E-state index in [1.54, 1.807) is 20.9 Å². The van der Waals surface area contributed by atoms with Crippen molar-refractivity contribution in [2.24, 2.45) is 5.73 Å². The van der Waals surface area contributed by atoms with E-state index in [9.17, 15) is 8.42 Å². The van der Waals surface area contributed by atoms with Crippen molar-refractivity contribution < 1.29 is 8.42 Å². The van der Waals surface area contributed by atoms with E-state index in [4.69, 9.17) is 5.73 Å². The van der Waals surface area contributed by atoms with Crippen molar-refractivity contribution in [3.8, 4) is 0 Å². The zero-order chi connectivity index (χ0) is 10.9. The van der Waals surface area contributed by atoms with E-state index in [1.807, 2.05) is 13.8 Å². The molecule has 0 spiro atoms. The topological polar surface area (TPSA) is 63.4 Å². The lowest BCUT2D eigenvalue weighted by Gasteiger charge is -2.34. The van der Waals surface area contributed by atoms with Gasteiger partial charge in [-0.15, -0.1) is 0 Å². The second-order valence-corrected chi connectivity index (χ2v) is 6.60. The lowest BCUT2D eigenvalue weighted by molar-refractivity contribution is 0.272. The van der Waals surface area contributed by atoms with E-state index < -0.39 is 20.8 Å². The van der Waals surface area contributed by atoms with Crippen LogP contribution in [0.25, 0.3) is 0 Å². The predicted octanol–water partition coefficient (Wildman–Crippen LogP) is 0.394. The minimum atomic E-state index is -3.19. The molecule has 0 aliphatic rings. The third kappa shape index (κ3) is 2.65. The molecule has 13 heavy (non-hydrogen) atoms.